The van der Waals surface area contributed by atoms with Gasteiger partial charge in [0.05, 0.1) is 0 Å². The average molecular weight is 382 g/mol. The van der Waals surface area contributed by atoms with Gasteiger partial charge < -0.3 is 0 Å². The standard InChI is InChI=1S/2C6H7.C2H7Si.2ClH.Zr/c2*1-6-4-2-3-5-6;1-3-2;;;/h2*4-5H,2H2,1H3;3H,1-2H3;2*1H;/q2*-1;;;;+2. The smallest absolute Gasteiger partial charge is 0.273 e. The van der Waals surface area contributed by atoms with E-state index in [0.717, 1.165) is 22.4 Å². The molecular formula is C14H23Cl2SiZr. The van der Waals surface area contributed by atoms with E-state index in [1.54, 1.807) is 0 Å². The van der Waals surface area contributed by atoms with Gasteiger partial charge in [-0.05, 0) is 0 Å². The Morgan fingerprint density at radius 3 is 1.22 bits per heavy atom. The first-order valence-corrected chi connectivity index (χ1v) is 7.72. The minimum atomic E-state index is 0. The molecule has 0 fully saturated rings. The molecule has 0 aromatic heterocycles. The van der Waals surface area contributed by atoms with Crippen LogP contribution in [0, 0.1) is 12.2 Å². The van der Waals surface area contributed by atoms with Gasteiger partial charge in [-0.25, -0.2) is 23.3 Å². The minimum Gasteiger partial charge on any atom is -0.273 e. The Hall–Kier alpha value is 0.640. The van der Waals surface area contributed by atoms with Gasteiger partial charge in [-0.1, -0.05) is 13.1 Å². The van der Waals surface area contributed by atoms with Crippen molar-refractivity contribution in [2.75, 3.05) is 0 Å². The first-order chi connectivity index (χ1) is 7.20. The molecule has 18 heavy (non-hydrogen) atoms. The van der Waals surface area contributed by atoms with Gasteiger partial charge in [-0.3, -0.25) is 12.2 Å². The summed E-state index contributed by atoms with van der Waals surface area (Å²) in [5.74, 6) is 0. The Kier molecular flexibility index (Phi) is 30.0. The zero-order valence-electron chi connectivity index (χ0n) is 11.6. The van der Waals surface area contributed by atoms with Crippen LogP contribution in [0.1, 0.15) is 26.7 Å². The summed E-state index contributed by atoms with van der Waals surface area (Å²) < 4.78 is 0. The van der Waals surface area contributed by atoms with E-state index in [0.29, 0.717) is 0 Å². The van der Waals surface area contributed by atoms with Crippen LogP contribution >= 0.6 is 24.8 Å². The Morgan fingerprint density at radius 2 is 1.17 bits per heavy atom. The maximum atomic E-state index is 3.05. The molecule has 0 nitrogen and oxygen atoms in total. The SMILES string of the molecule is CC1=CC[C-]=C1.CC1=CC[C-]=C1.C[SiH]C.Cl.Cl.[Zr+2]. The van der Waals surface area contributed by atoms with E-state index in [1.807, 2.05) is 12.2 Å². The van der Waals surface area contributed by atoms with Crippen molar-refractivity contribution >= 4 is 34.3 Å². The zero-order chi connectivity index (χ0) is 11.5. The molecule has 0 N–H and O–H groups in total. The van der Waals surface area contributed by atoms with E-state index in [4.69, 9.17) is 0 Å². The molecule has 0 saturated heterocycles. The third kappa shape index (κ3) is 19.0. The number of halogens is 2. The molecule has 0 atom stereocenters. The fourth-order valence-electron chi connectivity index (χ4n) is 0.998. The summed E-state index contributed by atoms with van der Waals surface area (Å²) in [5.41, 5.74) is 2.69. The van der Waals surface area contributed by atoms with Crippen molar-refractivity contribution in [2.45, 2.75) is 39.8 Å². The minimum absolute atomic E-state index is 0. The average Bonchev–Trinajstić information content (AvgIpc) is 2.81. The van der Waals surface area contributed by atoms with Crippen LogP contribution in [-0.2, 0) is 26.2 Å². The molecule has 2 rings (SSSR count). The predicted octanol–water partition coefficient (Wildman–Crippen LogP) is 4.75. The molecule has 2 aliphatic rings. The van der Waals surface area contributed by atoms with Gasteiger partial charge in [0.2, 0.25) is 0 Å². The molecule has 0 bridgehead atoms. The van der Waals surface area contributed by atoms with Crippen LogP contribution < -0.4 is 0 Å². The third-order valence-corrected chi connectivity index (χ3v) is 1.74. The van der Waals surface area contributed by atoms with Crippen LogP contribution in [0.2, 0.25) is 13.1 Å². The molecule has 0 aromatic carbocycles. The molecule has 0 spiro atoms. The summed E-state index contributed by atoms with van der Waals surface area (Å²) in [6.45, 7) is 8.58. The van der Waals surface area contributed by atoms with E-state index in [-0.39, 0.29) is 51.0 Å². The Bertz CT molecular complexity index is 248. The van der Waals surface area contributed by atoms with Gasteiger partial charge >= 0.3 is 26.2 Å². The fraction of sp³-hybridized carbons (Fsp3) is 0.429. The van der Waals surface area contributed by atoms with E-state index >= 15 is 0 Å². The van der Waals surface area contributed by atoms with Crippen molar-refractivity contribution in [3.05, 3.63) is 47.6 Å². The van der Waals surface area contributed by atoms with Crippen LogP contribution in [0.5, 0.6) is 0 Å². The Balaban J connectivity index is -0.0000000793. The van der Waals surface area contributed by atoms with Gasteiger partial charge in [0.25, 0.3) is 0 Å². The van der Waals surface area contributed by atoms with Crippen molar-refractivity contribution in [1.29, 1.82) is 0 Å². The Morgan fingerprint density at radius 1 is 0.889 bits per heavy atom. The molecule has 101 valence electrons. The van der Waals surface area contributed by atoms with Crippen molar-refractivity contribution < 1.29 is 26.2 Å². The fourth-order valence-corrected chi connectivity index (χ4v) is 0.998. The van der Waals surface area contributed by atoms with Crippen LogP contribution in [0.15, 0.2) is 35.5 Å². The maximum absolute atomic E-state index is 3.05. The van der Waals surface area contributed by atoms with Gasteiger partial charge in [0.15, 0.2) is 0 Å². The van der Waals surface area contributed by atoms with Crippen LogP contribution in [0.4, 0.5) is 0 Å². The monoisotopic (exact) mass is 379 g/mol. The van der Waals surface area contributed by atoms with Crippen molar-refractivity contribution in [1.82, 2.24) is 0 Å². The zero-order valence-corrected chi connectivity index (χ0v) is 16.9. The largest absolute Gasteiger partial charge is 2.00 e. The second-order valence-electron chi connectivity index (χ2n) is 3.58. The van der Waals surface area contributed by atoms with E-state index < -0.39 is 0 Å². The van der Waals surface area contributed by atoms with Crippen molar-refractivity contribution in [2.24, 2.45) is 0 Å². The molecule has 0 heterocycles. The molecule has 0 aromatic rings. The summed E-state index contributed by atoms with van der Waals surface area (Å²) in [5, 5.41) is 0. The molecular weight excluding hydrogens is 358 g/mol. The van der Waals surface area contributed by atoms with Crippen molar-refractivity contribution in [3.8, 4) is 0 Å². The van der Waals surface area contributed by atoms with Gasteiger partial charge in [0, 0.05) is 9.52 Å². The summed E-state index contributed by atoms with van der Waals surface area (Å²) in [6.07, 6.45) is 16.5. The molecule has 0 aliphatic heterocycles. The Labute approximate surface area is 147 Å². The van der Waals surface area contributed by atoms with Gasteiger partial charge in [-0.15, -0.1) is 51.5 Å². The second-order valence-corrected chi connectivity index (χ2v) is 4.73. The summed E-state index contributed by atoms with van der Waals surface area (Å²) >= 11 is 0. The summed E-state index contributed by atoms with van der Waals surface area (Å²) in [4.78, 5) is 0. The maximum Gasteiger partial charge on any atom is 2.00 e. The second kappa shape index (κ2) is 20.0. The first kappa shape index (κ1) is 27.1. The molecule has 0 unspecified atom stereocenters. The van der Waals surface area contributed by atoms with Crippen LogP contribution in [0.3, 0.4) is 0 Å². The quantitative estimate of drug-likeness (QED) is 0.419. The van der Waals surface area contributed by atoms with E-state index in [1.165, 1.54) is 11.1 Å². The topological polar surface area (TPSA) is 0 Å². The molecule has 4 heteroatoms. The van der Waals surface area contributed by atoms with Gasteiger partial charge in [-0.2, -0.15) is 12.2 Å². The number of allylic oxidation sites excluding steroid dienone is 8. The molecule has 0 amide bonds. The normalized spacial score (nSPS) is 13.3. The third-order valence-electron chi connectivity index (χ3n) is 1.74. The van der Waals surface area contributed by atoms with Crippen molar-refractivity contribution in [3.63, 3.8) is 0 Å². The number of hydrogen-bond acceptors (Lipinski definition) is 0. The summed E-state index contributed by atoms with van der Waals surface area (Å²) in [6, 6.07) is 0. The van der Waals surface area contributed by atoms with E-state index in [9.17, 15) is 0 Å². The van der Waals surface area contributed by atoms with E-state index in [2.05, 4.69) is 51.2 Å². The first-order valence-electron chi connectivity index (χ1n) is 5.41. The van der Waals surface area contributed by atoms with Crippen LogP contribution in [0.25, 0.3) is 0 Å². The van der Waals surface area contributed by atoms with Gasteiger partial charge in [0.1, 0.15) is 0 Å². The predicted molar refractivity (Wildman–Crippen MR) is 85.7 cm³/mol. The summed E-state index contributed by atoms with van der Waals surface area (Å²) in [7, 11) is 0.750. The van der Waals surface area contributed by atoms with Crippen LogP contribution in [-0.4, -0.2) is 9.52 Å². The number of hydrogen-bond donors (Lipinski definition) is 0. The molecule has 0 saturated carbocycles. The molecule has 1 radical (unpaired) electrons. The number of rotatable bonds is 0. The molecule has 2 aliphatic carbocycles.